The summed E-state index contributed by atoms with van der Waals surface area (Å²) in [6, 6.07) is 2.73. The molecule has 0 fully saturated rings. The Bertz CT molecular complexity index is 396. The first-order chi connectivity index (χ1) is 7.02. The molecule has 0 aliphatic rings. The van der Waals surface area contributed by atoms with Gasteiger partial charge in [-0.25, -0.2) is 4.98 Å². The van der Waals surface area contributed by atoms with Crippen LogP contribution in [0.5, 0.6) is 0 Å². The standard InChI is InChI=1S/C8H8N2O4S/c1-5(8(11)12)15-7-6(10(13)14)3-2-4-9-7/h2-5H,1H3,(H,11,12). The number of hydrogen-bond acceptors (Lipinski definition) is 5. The summed E-state index contributed by atoms with van der Waals surface area (Å²) in [5.41, 5.74) is -0.171. The van der Waals surface area contributed by atoms with E-state index in [1.54, 1.807) is 0 Å². The van der Waals surface area contributed by atoms with Crippen molar-refractivity contribution in [3.05, 3.63) is 28.4 Å². The SMILES string of the molecule is CC(Sc1ncccc1[N+](=O)[O-])C(=O)O. The first-order valence-corrected chi connectivity index (χ1v) is 4.89. The van der Waals surface area contributed by atoms with Crippen LogP contribution in [0.4, 0.5) is 5.69 Å². The Hall–Kier alpha value is -1.63. The average Bonchev–Trinajstić information content (AvgIpc) is 2.18. The quantitative estimate of drug-likeness (QED) is 0.477. The van der Waals surface area contributed by atoms with Crippen LogP contribution in [0.2, 0.25) is 0 Å². The van der Waals surface area contributed by atoms with Gasteiger partial charge in [0.05, 0.1) is 4.92 Å². The molecule has 0 spiro atoms. The zero-order valence-corrected chi connectivity index (χ0v) is 8.60. The van der Waals surface area contributed by atoms with Crippen molar-refractivity contribution < 1.29 is 14.8 Å². The maximum atomic E-state index is 10.6. The molecule has 1 heterocycles. The van der Waals surface area contributed by atoms with Gasteiger partial charge in [0.25, 0.3) is 0 Å². The second kappa shape index (κ2) is 4.74. The van der Waals surface area contributed by atoms with Crippen LogP contribution in [0.25, 0.3) is 0 Å². The molecule has 80 valence electrons. The molecule has 0 bridgehead atoms. The molecule has 0 saturated heterocycles. The molecule has 1 atom stereocenters. The highest BCUT2D eigenvalue weighted by molar-refractivity contribution is 8.00. The van der Waals surface area contributed by atoms with Crippen molar-refractivity contribution >= 4 is 23.4 Å². The lowest BCUT2D eigenvalue weighted by molar-refractivity contribution is -0.388. The predicted molar refractivity (Wildman–Crippen MR) is 53.8 cm³/mol. The van der Waals surface area contributed by atoms with E-state index in [9.17, 15) is 14.9 Å². The zero-order valence-electron chi connectivity index (χ0n) is 7.78. The van der Waals surface area contributed by atoms with Crippen LogP contribution in [-0.4, -0.2) is 26.2 Å². The number of carboxylic acid groups (broad SMARTS) is 1. The Labute approximate surface area is 89.5 Å². The molecule has 0 radical (unpaired) electrons. The second-order valence-corrected chi connectivity index (χ2v) is 4.01. The third kappa shape index (κ3) is 2.91. The topological polar surface area (TPSA) is 93.3 Å². The van der Waals surface area contributed by atoms with Gasteiger partial charge in [-0.3, -0.25) is 14.9 Å². The van der Waals surface area contributed by atoms with Crippen LogP contribution in [0, 0.1) is 10.1 Å². The van der Waals surface area contributed by atoms with Gasteiger partial charge in [0.1, 0.15) is 5.25 Å². The molecule has 1 N–H and O–H groups in total. The largest absolute Gasteiger partial charge is 0.480 e. The molecule has 1 unspecified atom stereocenters. The minimum absolute atomic E-state index is 0.123. The molecule has 6 nitrogen and oxygen atoms in total. The fraction of sp³-hybridized carbons (Fsp3) is 0.250. The average molecular weight is 228 g/mol. The van der Waals surface area contributed by atoms with E-state index in [1.807, 2.05) is 0 Å². The molecule has 7 heteroatoms. The molecule has 0 aliphatic heterocycles. The van der Waals surface area contributed by atoms with E-state index < -0.39 is 16.1 Å². The summed E-state index contributed by atoms with van der Waals surface area (Å²) in [4.78, 5) is 24.3. The molecule has 0 aromatic carbocycles. The molecule has 1 aromatic heterocycles. The van der Waals surface area contributed by atoms with Crippen molar-refractivity contribution in [3.8, 4) is 0 Å². The molecule has 0 aliphatic carbocycles. The second-order valence-electron chi connectivity index (χ2n) is 2.68. The molecular weight excluding hydrogens is 220 g/mol. The molecule has 15 heavy (non-hydrogen) atoms. The van der Waals surface area contributed by atoms with E-state index in [1.165, 1.54) is 25.3 Å². The highest BCUT2D eigenvalue weighted by Gasteiger charge is 2.20. The third-order valence-electron chi connectivity index (χ3n) is 1.58. The van der Waals surface area contributed by atoms with Crippen molar-refractivity contribution in [2.75, 3.05) is 0 Å². The highest BCUT2D eigenvalue weighted by atomic mass is 32.2. The summed E-state index contributed by atoms with van der Waals surface area (Å²) in [6.45, 7) is 1.45. The Morgan fingerprint density at radius 3 is 2.93 bits per heavy atom. The van der Waals surface area contributed by atoms with Gasteiger partial charge in [-0.2, -0.15) is 0 Å². The maximum Gasteiger partial charge on any atom is 0.316 e. The Kier molecular flexibility index (Phi) is 3.62. The monoisotopic (exact) mass is 228 g/mol. The van der Waals surface area contributed by atoms with E-state index in [2.05, 4.69) is 4.98 Å². The van der Waals surface area contributed by atoms with Crippen LogP contribution in [0.3, 0.4) is 0 Å². The summed E-state index contributed by atoms with van der Waals surface area (Å²) in [5.74, 6) is -1.03. The first-order valence-electron chi connectivity index (χ1n) is 4.01. The van der Waals surface area contributed by atoms with Crippen molar-refractivity contribution in [2.45, 2.75) is 17.2 Å². The number of carbonyl (C=O) groups is 1. The fourth-order valence-corrected chi connectivity index (χ4v) is 1.65. The lowest BCUT2D eigenvalue weighted by Crippen LogP contribution is -2.11. The van der Waals surface area contributed by atoms with E-state index in [4.69, 9.17) is 5.11 Å². The van der Waals surface area contributed by atoms with Crippen LogP contribution >= 0.6 is 11.8 Å². The Morgan fingerprint density at radius 1 is 1.73 bits per heavy atom. The van der Waals surface area contributed by atoms with Gasteiger partial charge in [0.2, 0.25) is 0 Å². The van der Waals surface area contributed by atoms with E-state index >= 15 is 0 Å². The summed E-state index contributed by atoms with van der Waals surface area (Å²) >= 11 is 0.854. The number of nitrogens with zero attached hydrogens (tertiary/aromatic N) is 2. The van der Waals surface area contributed by atoms with Gasteiger partial charge in [-0.05, 0) is 13.0 Å². The van der Waals surface area contributed by atoms with Gasteiger partial charge in [0.15, 0.2) is 5.03 Å². The molecule has 1 aromatic rings. The summed E-state index contributed by atoms with van der Waals surface area (Å²) in [7, 11) is 0. The van der Waals surface area contributed by atoms with Crippen LogP contribution in [0.1, 0.15) is 6.92 Å². The number of aliphatic carboxylic acids is 1. The first kappa shape index (κ1) is 11.4. The molecule has 0 saturated carbocycles. The minimum atomic E-state index is -1.03. The Morgan fingerprint density at radius 2 is 2.40 bits per heavy atom. The fourth-order valence-electron chi connectivity index (χ4n) is 0.830. The normalized spacial score (nSPS) is 12.1. The van der Waals surface area contributed by atoms with Gasteiger partial charge >= 0.3 is 11.7 Å². The zero-order chi connectivity index (χ0) is 11.4. The number of thioether (sulfide) groups is 1. The number of rotatable bonds is 4. The Balaban J connectivity index is 2.94. The van der Waals surface area contributed by atoms with Crippen molar-refractivity contribution in [1.82, 2.24) is 4.98 Å². The summed E-state index contributed by atoms with van der Waals surface area (Å²) < 4.78 is 0. The lowest BCUT2D eigenvalue weighted by Gasteiger charge is -2.04. The highest BCUT2D eigenvalue weighted by Crippen LogP contribution is 2.29. The van der Waals surface area contributed by atoms with Crippen molar-refractivity contribution in [3.63, 3.8) is 0 Å². The van der Waals surface area contributed by atoms with E-state index in [0.717, 1.165) is 11.8 Å². The maximum absolute atomic E-state index is 10.6. The molecule has 0 amide bonds. The molecule has 1 rings (SSSR count). The number of pyridine rings is 1. The van der Waals surface area contributed by atoms with Gasteiger partial charge in [0, 0.05) is 12.3 Å². The van der Waals surface area contributed by atoms with Gasteiger partial charge in [-0.15, -0.1) is 0 Å². The summed E-state index contributed by atoms with van der Waals surface area (Å²) in [6.07, 6.45) is 1.39. The van der Waals surface area contributed by atoms with Crippen LogP contribution in [-0.2, 0) is 4.79 Å². The van der Waals surface area contributed by atoms with E-state index in [0.29, 0.717) is 0 Å². The third-order valence-corrected chi connectivity index (χ3v) is 2.68. The van der Waals surface area contributed by atoms with E-state index in [-0.39, 0.29) is 10.7 Å². The van der Waals surface area contributed by atoms with Crippen molar-refractivity contribution in [2.24, 2.45) is 0 Å². The number of hydrogen-bond donors (Lipinski definition) is 1. The minimum Gasteiger partial charge on any atom is -0.480 e. The van der Waals surface area contributed by atoms with Crippen LogP contribution in [0.15, 0.2) is 23.4 Å². The van der Waals surface area contributed by atoms with Gasteiger partial charge < -0.3 is 5.11 Å². The number of aromatic nitrogens is 1. The number of nitro groups is 1. The smallest absolute Gasteiger partial charge is 0.316 e. The van der Waals surface area contributed by atoms with Crippen LogP contribution < -0.4 is 0 Å². The predicted octanol–water partition coefficient (Wildman–Crippen LogP) is 1.56. The molecular formula is C8H8N2O4S. The lowest BCUT2D eigenvalue weighted by atomic mass is 10.4. The van der Waals surface area contributed by atoms with Crippen molar-refractivity contribution in [1.29, 1.82) is 0 Å². The van der Waals surface area contributed by atoms with Gasteiger partial charge in [-0.1, -0.05) is 11.8 Å². The summed E-state index contributed by atoms with van der Waals surface area (Å²) in [5, 5.41) is 18.6. The number of carboxylic acids is 1.